The van der Waals surface area contributed by atoms with Crippen molar-refractivity contribution in [1.82, 2.24) is 5.32 Å². The summed E-state index contributed by atoms with van der Waals surface area (Å²) in [5, 5.41) is 12.8. The maximum atomic E-state index is 9.33. The Kier molecular flexibility index (Phi) is 4.02. The molecule has 1 aromatic carbocycles. The van der Waals surface area contributed by atoms with E-state index in [-0.39, 0.29) is 6.10 Å². The molecule has 1 aromatic rings. The lowest BCUT2D eigenvalue weighted by Crippen LogP contribution is -2.31. The van der Waals surface area contributed by atoms with E-state index in [0.29, 0.717) is 12.6 Å². The largest absolute Gasteiger partial charge is 0.497 e. The Balaban J connectivity index is 2.14. The van der Waals surface area contributed by atoms with Gasteiger partial charge in [0.2, 0.25) is 0 Å². The molecule has 2 N–H and O–H groups in total. The van der Waals surface area contributed by atoms with Gasteiger partial charge >= 0.3 is 0 Å². The lowest BCUT2D eigenvalue weighted by molar-refractivity contribution is 0.184. The minimum Gasteiger partial charge on any atom is -0.497 e. The number of rotatable bonds is 4. The molecule has 0 aliphatic heterocycles. The van der Waals surface area contributed by atoms with Gasteiger partial charge in [0.15, 0.2) is 0 Å². The van der Waals surface area contributed by atoms with Crippen molar-refractivity contribution < 1.29 is 9.84 Å². The molecule has 0 amide bonds. The van der Waals surface area contributed by atoms with Gasteiger partial charge < -0.3 is 15.2 Å². The third kappa shape index (κ3) is 2.99. The molecule has 0 bridgehead atoms. The number of hydrogen-bond acceptors (Lipinski definition) is 3. The van der Waals surface area contributed by atoms with E-state index < -0.39 is 0 Å². The van der Waals surface area contributed by atoms with Crippen molar-refractivity contribution in [3.63, 3.8) is 0 Å². The van der Waals surface area contributed by atoms with Gasteiger partial charge in [-0.25, -0.2) is 0 Å². The van der Waals surface area contributed by atoms with Crippen LogP contribution in [-0.2, 0) is 6.42 Å². The van der Waals surface area contributed by atoms with Gasteiger partial charge in [-0.3, -0.25) is 0 Å². The van der Waals surface area contributed by atoms with Crippen molar-refractivity contribution in [1.29, 1.82) is 0 Å². The highest BCUT2D eigenvalue weighted by molar-refractivity contribution is 5.39. The zero-order valence-corrected chi connectivity index (χ0v) is 10.6. The third-order valence-corrected chi connectivity index (χ3v) is 3.32. The molecule has 0 spiro atoms. The first-order chi connectivity index (χ1) is 8.20. The highest BCUT2D eigenvalue weighted by Crippen LogP contribution is 2.31. The lowest BCUT2D eigenvalue weighted by atomic mass is 9.87. The number of ether oxygens (including phenoxy) is 1. The van der Waals surface area contributed by atoms with Gasteiger partial charge in [-0.05, 0) is 49.4 Å². The number of benzene rings is 1. The standard InChI is InChI=1S/C14H21NO2/c1-10(16)9-15-14-5-3-4-11-8-12(17-2)6-7-13(11)14/h6-8,10,14-16H,3-5,9H2,1-2H3/t10-,14?/m0/s1. The van der Waals surface area contributed by atoms with Gasteiger partial charge in [0.1, 0.15) is 5.75 Å². The molecule has 1 aliphatic rings. The lowest BCUT2D eigenvalue weighted by Gasteiger charge is -2.27. The minimum absolute atomic E-state index is 0.293. The number of hydrogen-bond donors (Lipinski definition) is 2. The fourth-order valence-corrected chi connectivity index (χ4v) is 2.44. The summed E-state index contributed by atoms with van der Waals surface area (Å²) in [5.74, 6) is 0.930. The van der Waals surface area contributed by atoms with Crippen molar-refractivity contribution >= 4 is 0 Å². The number of aryl methyl sites for hydroxylation is 1. The molecular weight excluding hydrogens is 214 g/mol. The van der Waals surface area contributed by atoms with Crippen LogP contribution in [-0.4, -0.2) is 24.9 Å². The second-order valence-corrected chi connectivity index (χ2v) is 4.77. The number of methoxy groups -OCH3 is 1. The fourth-order valence-electron chi connectivity index (χ4n) is 2.44. The summed E-state index contributed by atoms with van der Waals surface area (Å²) < 4.78 is 5.25. The van der Waals surface area contributed by atoms with Crippen LogP contribution in [0.15, 0.2) is 18.2 Å². The molecular formula is C14H21NO2. The van der Waals surface area contributed by atoms with E-state index in [9.17, 15) is 5.11 Å². The van der Waals surface area contributed by atoms with Gasteiger partial charge in [0.25, 0.3) is 0 Å². The molecule has 2 atom stereocenters. The summed E-state index contributed by atoms with van der Waals surface area (Å²) in [4.78, 5) is 0. The number of fused-ring (bicyclic) bond motifs is 1. The van der Waals surface area contributed by atoms with Crippen LogP contribution >= 0.6 is 0 Å². The predicted octanol–water partition coefficient (Wildman–Crippen LogP) is 2.04. The molecule has 3 heteroatoms. The Morgan fingerprint density at radius 3 is 3.06 bits per heavy atom. The van der Waals surface area contributed by atoms with E-state index in [1.807, 2.05) is 13.0 Å². The van der Waals surface area contributed by atoms with E-state index in [1.54, 1.807) is 7.11 Å². The molecule has 1 unspecified atom stereocenters. The van der Waals surface area contributed by atoms with E-state index in [2.05, 4.69) is 17.4 Å². The highest BCUT2D eigenvalue weighted by Gasteiger charge is 2.20. The Bertz CT molecular complexity index is 376. The van der Waals surface area contributed by atoms with Crippen LogP contribution in [0.2, 0.25) is 0 Å². The summed E-state index contributed by atoms with van der Waals surface area (Å²) in [6.07, 6.45) is 3.17. The topological polar surface area (TPSA) is 41.5 Å². The van der Waals surface area contributed by atoms with Crippen LogP contribution < -0.4 is 10.1 Å². The van der Waals surface area contributed by atoms with E-state index in [1.165, 1.54) is 17.5 Å². The van der Waals surface area contributed by atoms with Crippen LogP contribution in [0, 0.1) is 0 Å². The SMILES string of the molecule is COc1ccc2c(c1)CCCC2NC[C@H](C)O. The van der Waals surface area contributed by atoms with Crippen LogP contribution in [0.4, 0.5) is 0 Å². The fraction of sp³-hybridized carbons (Fsp3) is 0.571. The normalized spacial score (nSPS) is 20.8. The zero-order valence-electron chi connectivity index (χ0n) is 10.6. The number of aliphatic hydroxyl groups is 1. The molecule has 0 aromatic heterocycles. The molecule has 94 valence electrons. The monoisotopic (exact) mass is 235 g/mol. The predicted molar refractivity (Wildman–Crippen MR) is 68.4 cm³/mol. The van der Waals surface area contributed by atoms with Crippen molar-refractivity contribution in [2.75, 3.05) is 13.7 Å². The van der Waals surface area contributed by atoms with Gasteiger partial charge in [0.05, 0.1) is 13.2 Å². The summed E-state index contributed by atoms with van der Waals surface area (Å²) >= 11 is 0. The minimum atomic E-state index is -0.293. The summed E-state index contributed by atoms with van der Waals surface area (Å²) in [7, 11) is 1.70. The Labute approximate surface area is 103 Å². The molecule has 1 aliphatic carbocycles. The molecule has 0 saturated heterocycles. The maximum Gasteiger partial charge on any atom is 0.119 e. The highest BCUT2D eigenvalue weighted by atomic mass is 16.5. The molecule has 2 rings (SSSR count). The van der Waals surface area contributed by atoms with Gasteiger partial charge in [-0.15, -0.1) is 0 Å². The van der Waals surface area contributed by atoms with Crippen LogP contribution in [0.1, 0.15) is 36.9 Å². The quantitative estimate of drug-likeness (QED) is 0.839. The molecule has 17 heavy (non-hydrogen) atoms. The number of aliphatic hydroxyl groups excluding tert-OH is 1. The molecule has 0 saturated carbocycles. The molecule has 0 heterocycles. The molecule has 0 fully saturated rings. The van der Waals surface area contributed by atoms with Crippen molar-refractivity contribution in [2.45, 2.75) is 38.3 Å². The zero-order chi connectivity index (χ0) is 12.3. The van der Waals surface area contributed by atoms with E-state index in [4.69, 9.17) is 4.74 Å². The van der Waals surface area contributed by atoms with Gasteiger partial charge in [0, 0.05) is 12.6 Å². The van der Waals surface area contributed by atoms with Crippen LogP contribution in [0.5, 0.6) is 5.75 Å². The first-order valence-corrected chi connectivity index (χ1v) is 6.29. The first kappa shape index (κ1) is 12.4. The van der Waals surface area contributed by atoms with Crippen molar-refractivity contribution in [2.24, 2.45) is 0 Å². The second-order valence-electron chi connectivity index (χ2n) is 4.77. The summed E-state index contributed by atoms with van der Waals surface area (Å²) in [6, 6.07) is 6.67. The third-order valence-electron chi connectivity index (χ3n) is 3.32. The molecule has 0 radical (unpaired) electrons. The van der Waals surface area contributed by atoms with E-state index >= 15 is 0 Å². The van der Waals surface area contributed by atoms with E-state index in [0.717, 1.165) is 18.6 Å². The smallest absolute Gasteiger partial charge is 0.119 e. The van der Waals surface area contributed by atoms with Crippen LogP contribution in [0.3, 0.4) is 0 Å². The summed E-state index contributed by atoms with van der Waals surface area (Å²) in [6.45, 7) is 2.46. The average Bonchev–Trinajstić information content (AvgIpc) is 2.35. The van der Waals surface area contributed by atoms with Crippen molar-refractivity contribution in [3.05, 3.63) is 29.3 Å². The first-order valence-electron chi connectivity index (χ1n) is 6.29. The Hall–Kier alpha value is -1.06. The van der Waals surface area contributed by atoms with Crippen LogP contribution in [0.25, 0.3) is 0 Å². The average molecular weight is 235 g/mol. The summed E-state index contributed by atoms with van der Waals surface area (Å²) in [5.41, 5.74) is 2.73. The Morgan fingerprint density at radius 2 is 2.35 bits per heavy atom. The number of nitrogens with one attached hydrogen (secondary N) is 1. The maximum absolute atomic E-state index is 9.33. The van der Waals surface area contributed by atoms with Gasteiger partial charge in [-0.1, -0.05) is 6.07 Å². The second kappa shape index (κ2) is 5.52. The molecule has 3 nitrogen and oxygen atoms in total. The van der Waals surface area contributed by atoms with Gasteiger partial charge in [-0.2, -0.15) is 0 Å². The Morgan fingerprint density at radius 1 is 1.53 bits per heavy atom. The van der Waals surface area contributed by atoms with Crippen molar-refractivity contribution in [3.8, 4) is 5.75 Å².